The summed E-state index contributed by atoms with van der Waals surface area (Å²) < 4.78 is 20.5. The standard InChI is InChI=1S/C15H18NO2PS/c1-3-18-19(17,20-15-12-8-5-9-13-15)16(2)14-10-6-4-7-11-14/h4-13H,3H2,1-2H3. The molecule has 0 fully saturated rings. The Morgan fingerprint density at radius 1 is 1.05 bits per heavy atom. The Labute approximate surface area is 124 Å². The minimum Gasteiger partial charge on any atom is -0.306 e. The highest BCUT2D eigenvalue weighted by molar-refractivity contribution is 8.57. The van der Waals surface area contributed by atoms with Crippen molar-refractivity contribution in [1.29, 1.82) is 0 Å². The van der Waals surface area contributed by atoms with Gasteiger partial charge in [0.2, 0.25) is 0 Å². The first-order valence-electron chi connectivity index (χ1n) is 6.44. The molecule has 0 heterocycles. The predicted molar refractivity (Wildman–Crippen MR) is 86.4 cm³/mol. The molecule has 0 aliphatic carbocycles. The van der Waals surface area contributed by atoms with E-state index in [1.165, 1.54) is 11.4 Å². The SMILES string of the molecule is CCOP(=O)(Sc1ccccc1)N(C)c1ccccc1. The van der Waals surface area contributed by atoms with Crippen LogP contribution in [0.2, 0.25) is 0 Å². The van der Waals surface area contributed by atoms with Crippen molar-refractivity contribution in [2.75, 3.05) is 18.3 Å². The molecule has 0 aromatic heterocycles. The minimum atomic E-state index is -3.00. The molecule has 0 saturated heterocycles. The molecule has 0 spiro atoms. The largest absolute Gasteiger partial charge is 0.358 e. The highest BCUT2D eigenvalue weighted by atomic mass is 32.7. The first-order chi connectivity index (χ1) is 9.65. The number of para-hydroxylation sites is 1. The normalized spacial score (nSPS) is 13.7. The summed E-state index contributed by atoms with van der Waals surface area (Å²) in [5.74, 6) is 0. The van der Waals surface area contributed by atoms with Crippen LogP contribution in [0.25, 0.3) is 0 Å². The summed E-state index contributed by atoms with van der Waals surface area (Å²) in [5.41, 5.74) is 0.882. The van der Waals surface area contributed by atoms with E-state index >= 15 is 0 Å². The fraction of sp³-hybridized carbons (Fsp3) is 0.200. The number of benzene rings is 2. The number of nitrogens with zero attached hydrogens (tertiary/aromatic N) is 1. The lowest BCUT2D eigenvalue weighted by Gasteiger charge is -2.28. The zero-order valence-electron chi connectivity index (χ0n) is 11.6. The first-order valence-corrected chi connectivity index (χ1v) is 9.44. The topological polar surface area (TPSA) is 29.5 Å². The van der Waals surface area contributed by atoms with Crippen molar-refractivity contribution in [3.05, 3.63) is 60.7 Å². The number of hydrogen-bond acceptors (Lipinski definition) is 3. The average Bonchev–Trinajstić information content (AvgIpc) is 2.48. The molecule has 0 aliphatic heterocycles. The molecule has 0 N–H and O–H groups in total. The molecule has 0 aliphatic rings. The van der Waals surface area contributed by atoms with Crippen LogP contribution in [0.4, 0.5) is 5.69 Å². The Bertz CT molecular complexity index is 577. The highest BCUT2D eigenvalue weighted by Gasteiger charge is 2.30. The van der Waals surface area contributed by atoms with E-state index in [1.807, 2.05) is 74.6 Å². The third-order valence-electron chi connectivity index (χ3n) is 2.75. The lowest BCUT2D eigenvalue weighted by atomic mass is 10.3. The summed E-state index contributed by atoms with van der Waals surface area (Å²) in [6.45, 7) is -0.735. The maximum atomic E-state index is 13.1. The monoisotopic (exact) mass is 307 g/mol. The van der Waals surface area contributed by atoms with Gasteiger partial charge in [0.25, 0.3) is 0 Å². The Morgan fingerprint density at radius 3 is 2.15 bits per heavy atom. The summed E-state index contributed by atoms with van der Waals surface area (Å²) in [5, 5.41) is 0. The molecule has 0 radical (unpaired) electrons. The van der Waals surface area contributed by atoms with E-state index in [2.05, 4.69) is 0 Å². The lowest BCUT2D eigenvalue weighted by Crippen LogP contribution is -2.13. The van der Waals surface area contributed by atoms with Crippen molar-refractivity contribution in [2.24, 2.45) is 0 Å². The van der Waals surface area contributed by atoms with Gasteiger partial charge in [-0.05, 0) is 42.6 Å². The number of rotatable bonds is 6. The van der Waals surface area contributed by atoms with Gasteiger partial charge in [-0.3, -0.25) is 9.24 Å². The molecular weight excluding hydrogens is 289 g/mol. The molecule has 1 atom stereocenters. The van der Waals surface area contributed by atoms with Crippen LogP contribution in [0.5, 0.6) is 0 Å². The molecule has 106 valence electrons. The fourth-order valence-corrected chi connectivity index (χ4v) is 5.66. The van der Waals surface area contributed by atoms with Gasteiger partial charge < -0.3 is 4.52 Å². The second kappa shape index (κ2) is 6.98. The van der Waals surface area contributed by atoms with Crippen LogP contribution < -0.4 is 4.67 Å². The van der Waals surface area contributed by atoms with Crippen LogP contribution in [-0.2, 0) is 9.09 Å². The Kier molecular flexibility index (Phi) is 5.30. The highest BCUT2D eigenvalue weighted by Crippen LogP contribution is 2.65. The molecule has 5 heteroatoms. The van der Waals surface area contributed by atoms with Crippen molar-refractivity contribution >= 4 is 23.8 Å². The van der Waals surface area contributed by atoms with Crippen LogP contribution in [0.3, 0.4) is 0 Å². The summed E-state index contributed by atoms with van der Waals surface area (Å²) in [6.07, 6.45) is 0. The van der Waals surface area contributed by atoms with Gasteiger partial charge in [-0.1, -0.05) is 36.4 Å². The van der Waals surface area contributed by atoms with E-state index in [4.69, 9.17) is 4.52 Å². The Morgan fingerprint density at radius 2 is 1.60 bits per heavy atom. The van der Waals surface area contributed by atoms with Crippen molar-refractivity contribution in [3.63, 3.8) is 0 Å². The molecule has 2 aromatic carbocycles. The lowest BCUT2D eigenvalue weighted by molar-refractivity contribution is 0.345. The van der Waals surface area contributed by atoms with Gasteiger partial charge in [-0.15, -0.1) is 0 Å². The van der Waals surface area contributed by atoms with Crippen LogP contribution >= 0.6 is 18.1 Å². The van der Waals surface area contributed by atoms with Crippen LogP contribution in [0.1, 0.15) is 6.92 Å². The maximum absolute atomic E-state index is 13.1. The van der Waals surface area contributed by atoms with E-state index in [-0.39, 0.29) is 0 Å². The van der Waals surface area contributed by atoms with Gasteiger partial charge in [-0.25, -0.2) is 0 Å². The summed E-state index contributed by atoms with van der Waals surface area (Å²) in [7, 11) is 1.81. The Hall–Kier alpha value is -1.22. The third-order valence-corrected chi connectivity index (χ3v) is 7.39. The number of anilines is 1. The average molecular weight is 307 g/mol. The zero-order valence-corrected chi connectivity index (χ0v) is 13.3. The van der Waals surface area contributed by atoms with Crippen molar-refractivity contribution in [2.45, 2.75) is 11.8 Å². The summed E-state index contributed by atoms with van der Waals surface area (Å²) >= 11 is 1.28. The quantitative estimate of drug-likeness (QED) is 0.698. The van der Waals surface area contributed by atoms with Crippen LogP contribution in [-0.4, -0.2) is 13.7 Å². The summed E-state index contributed by atoms with van der Waals surface area (Å²) in [4.78, 5) is 0.937. The van der Waals surface area contributed by atoms with Gasteiger partial charge >= 0.3 is 6.72 Å². The van der Waals surface area contributed by atoms with Gasteiger partial charge in [0, 0.05) is 17.6 Å². The molecular formula is C15H18NO2PS. The molecule has 2 rings (SSSR count). The predicted octanol–water partition coefficient (Wildman–Crippen LogP) is 5.06. The van der Waals surface area contributed by atoms with E-state index in [9.17, 15) is 4.57 Å². The second-order valence-corrected chi connectivity index (χ2v) is 8.53. The molecule has 0 saturated carbocycles. The smallest absolute Gasteiger partial charge is 0.306 e. The van der Waals surface area contributed by atoms with Gasteiger partial charge in [0.1, 0.15) is 0 Å². The molecule has 0 amide bonds. The maximum Gasteiger partial charge on any atom is 0.358 e. The van der Waals surface area contributed by atoms with Crippen molar-refractivity contribution in [3.8, 4) is 0 Å². The summed E-state index contributed by atoms with van der Waals surface area (Å²) in [6, 6.07) is 19.3. The third kappa shape index (κ3) is 3.66. The van der Waals surface area contributed by atoms with Gasteiger partial charge in [-0.2, -0.15) is 0 Å². The van der Waals surface area contributed by atoms with Crippen LogP contribution in [0, 0.1) is 0 Å². The molecule has 1 unspecified atom stereocenters. The van der Waals surface area contributed by atoms with E-state index in [0.29, 0.717) is 6.61 Å². The molecule has 2 aromatic rings. The molecule has 0 bridgehead atoms. The van der Waals surface area contributed by atoms with Gasteiger partial charge in [0.15, 0.2) is 0 Å². The van der Waals surface area contributed by atoms with Gasteiger partial charge in [0.05, 0.1) is 6.61 Å². The van der Waals surface area contributed by atoms with E-state index in [1.54, 1.807) is 4.67 Å². The van der Waals surface area contributed by atoms with Crippen LogP contribution in [0.15, 0.2) is 65.6 Å². The van der Waals surface area contributed by atoms with Crippen molar-refractivity contribution < 1.29 is 9.09 Å². The van der Waals surface area contributed by atoms with E-state index in [0.717, 1.165) is 10.6 Å². The zero-order chi connectivity index (χ0) is 14.4. The second-order valence-electron chi connectivity index (χ2n) is 4.15. The van der Waals surface area contributed by atoms with Crippen molar-refractivity contribution in [1.82, 2.24) is 0 Å². The molecule has 3 nitrogen and oxygen atoms in total. The van der Waals surface area contributed by atoms with E-state index < -0.39 is 6.72 Å². The molecule has 20 heavy (non-hydrogen) atoms. The number of hydrogen-bond donors (Lipinski definition) is 0. The fourth-order valence-electron chi connectivity index (χ4n) is 1.74. The first kappa shape index (κ1) is 15.2. The Balaban J connectivity index is 2.27. The minimum absolute atomic E-state index is 0.411.